The van der Waals surface area contributed by atoms with E-state index in [9.17, 15) is 10.4 Å². The Morgan fingerprint density at radius 3 is 2.31 bits per heavy atom. The summed E-state index contributed by atoms with van der Waals surface area (Å²) >= 11 is 4.83. The second kappa shape index (κ2) is 6.47. The molecule has 0 saturated carbocycles. The van der Waals surface area contributed by atoms with Crippen LogP contribution in [0.3, 0.4) is 0 Å². The van der Waals surface area contributed by atoms with Crippen molar-refractivity contribution in [2.24, 2.45) is 0 Å². The van der Waals surface area contributed by atoms with Crippen LogP contribution >= 0.6 is 12.2 Å². The maximum atomic E-state index is 10.2. The van der Waals surface area contributed by atoms with Gasteiger partial charge < -0.3 is 21.4 Å². The smallest absolute Gasteiger partial charge is 0.786 e. The molecule has 1 aliphatic rings. The molecule has 6 heteroatoms. The van der Waals surface area contributed by atoms with Gasteiger partial charge in [-0.25, -0.2) is 0 Å². The molecule has 0 aromatic carbocycles. The van der Waals surface area contributed by atoms with E-state index in [1.54, 1.807) is 35.6 Å². The molecule has 0 aromatic heterocycles. The quantitative estimate of drug-likeness (QED) is 0.246. The normalized spacial score (nSPS) is 15.0. The van der Waals surface area contributed by atoms with E-state index in [1.165, 1.54) is 0 Å². The number of nitrogens with one attached hydrogen (secondary N) is 2. The van der Waals surface area contributed by atoms with Crippen LogP contribution in [0.5, 0.6) is 0 Å². The molecule has 0 aliphatic heterocycles. The molecule has 4 nitrogen and oxygen atoms in total. The Hall–Kier alpha value is 0.0203. The monoisotopic (exact) mass is 380 g/mol. The first-order valence-electron chi connectivity index (χ1n) is 3.30. The van der Waals surface area contributed by atoms with Gasteiger partial charge in [0.2, 0.25) is 0 Å². The van der Waals surface area contributed by atoms with E-state index in [4.69, 9.17) is 12.2 Å². The van der Waals surface area contributed by atoms with Crippen LogP contribution in [0.1, 0.15) is 0 Å². The summed E-state index contributed by atoms with van der Waals surface area (Å²) in [6.45, 7) is 0. The van der Waals surface area contributed by atoms with Gasteiger partial charge in [0, 0.05) is 0 Å². The molecule has 13 heavy (non-hydrogen) atoms. The SMILES string of the molecule is [Au+].[O-]NC(N[O-])C1=C[CH+]C(=S)C=C1. The number of hydroxylamine groups is 2. The average Bonchev–Trinajstić information content (AvgIpc) is 2.10. The molecule has 1 aliphatic carbocycles. The molecule has 74 valence electrons. The first-order chi connectivity index (χ1) is 5.77. The molecule has 0 saturated heterocycles. The fourth-order valence-corrected chi connectivity index (χ4v) is 0.956. The number of allylic oxidation sites excluding steroid dienone is 2. The summed E-state index contributed by atoms with van der Waals surface area (Å²) in [4.78, 5) is 0.675. The minimum Gasteiger partial charge on any atom is -0.786 e. The summed E-state index contributed by atoms with van der Waals surface area (Å²) in [5, 5.41) is 20.4. The maximum Gasteiger partial charge on any atom is 1.00 e. The Morgan fingerprint density at radius 2 is 1.92 bits per heavy atom. The largest absolute Gasteiger partial charge is 1.00 e. The zero-order valence-electron chi connectivity index (χ0n) is 6.41. The van der Waals surface area contributed by atoms with E-state index < -0.39 is 6.17 Å². The Morgan fingerprint density at radius 1 is 1.31 bits per heavy atom. The Balaban J connectivity index is 0.00000144. The molecule has 0 fully saturated rings. The predicted molar refractivity (Wildman–Crippen MR) is 50.9 cm³/mol. The van der Waals surface area contributed by atoms with Crippen molar-refractivity contribution in [3.63, 3.8) is 0 Å². The topological polar surface area (TPSA) is 70.2 Å². The third kappa shape index (κ3) is 3.72. The van der Waals surface area contributed by atoms with Gasteiger partial charge >= 0.3 is 22.4 Å². The van der Waals surface area contributed by atoms with E-state index in [1.807, 2.05) is 0 Å². The van der Waals surface area contributed by atoms with Crippen molar-refractivity contribution in [2.45, 2.75) is 6.17 Å². The van der Waals surface area contributed by atoms with Gasteiger partial charge in [0.1, 0.15) is 11.0 Å². The summed E-state index contributed by atoms with van der Waals surface area (Å²) in [5.74, 6) is 0. The van der Waals surface area contributed by atoms with E-state index in [2.05, 4.69) is 0 Å². The Bertz CT molecular complexity index is 239. The molecule has 2 N–H and O–H groups in total. The Kier molecular flexibility index (Phi) is 6.48. The van der Waals surface area contributed by atoms with E-state index >= 15 is 0 Å². The molecule has 0 unspecified atom stereocenters. The minimum atomic E-state index is -0.902. The molecule has 0 heterocycles. The fourth-order valence-electron chi connectivity index (χ4n) is 0.820. The molecule has 0 bridgehead atoms. The zero-order valence-corrected chi connectivity index (χ0v) is 9.40. The van der Waals surface area contributed by atoms with Crippen molar-refractivity contribution >= 4 is 17.1 Å². The second-order valence-corrected chi connectivity index (χ2v) is 2.71. The standard InChI is InChI=1S/C7H7N2O2S.Au/c10-8-7(9-11)5-1-3-6(12)4-2-5;/h1-4,7-9H;/q-1;+1. The van der Waals surface area contributed by atoms with Crippen LogP contribution in [0.25, 0.3) is 0 Å². The van der Waals surface area contributed by atoms with Crippen LogP contribution in [-0.2, 0) is 22.4 Å². The van der Waals surface area contributed by atoms with Crippen LogP contribution in [-0.4, -0.2) is 11.0 Å². The van der Waals surface area contributed by atoms with Crippen LogP contribution in [0.4, 0.5) is 0 Å². The van der Waals surface area contributed by atoms with Gasteiger partial charge in [0.05, 0.1) is 30.2 Å². The third-order valence-corrected chi connectivity index (χ3v) is 1.72. The number of hydrogen-bond acceptors (Lipinski definition) is 5. The molecule has 0 atom stereocenters. The number of thiocarbonyl (C=S) groups is 1. The summed E-state index contributed by atoms with van der Waals surface area (Å²) < 4.78 is 0. The molecule has 0 amide bonds. The van der Waals surface area contributed by atoms with Crippen molar-refractivity contribution in [3.8, 4) is 0 Å². The summed E-state index contributed by atoms with van der Waals surface area (Å²) in [7, 11) is 0. The minimum absolute atomic E-state index is 0. The van der Waals surface area contributed by atoms with Crippen molar-refractivity contribution in [3.05, 3.63) is 40.6 Å². The molecular weight excluding hydrogens is 373 g/mol. The van der Waals surface area contributed by atoms with Crippen molar-refractivity contribution in [1.29, 1.82) is 0 Å². The number of hydrogen-bond donors (Lipinski definition) is 2. The van der Waals surface area contributed by atoms with E-state index in [-0.39, 0.29) is 22.4 Å². The van der Waals surface area contributed by atoms with Gasteiger partial charge in [-0.1, -0.05) is 0 Å². The second-order valence-electron chi connectivity index (χ2n) is 2.24. The van der Waals surface area contributed by atoms with E-state index in [0.29, 0.717) is 10.4 Å². The summed E-state index contributed by atoms with van der Waals surface area (Å²) in [6, 6.07) is 0. The van der Waals surface area contributed by atoms with Crippen molar-refractivity contribution < 1.29 is 22.4 Å². The molecule has 0 radical (unpaired) electrons. The number of rotatable bonds is 3. The van der Waals surface area contributed by atoms with Gasteiger partial charge in [-0.05, 0) is 12.2 Å². The third-order valence-electron chi connectivity index (χ3n) is 1.45. The maximum absolute atomic E-state index is 10.2. The van der Waals surface area contributed by atoms with Gasteiger partial charge in [0.25, 0.3) is 0 Å². The van der Waals surface area contributed by atoms with Gasteiger partial charge in [-0.2, -0.15) is 0 Å². The molecular formula is C7H7AuN2O2S. The summed E-state index contributed by atoms with van der Waals surface area (Å²) in [5.41, 5.74) is 3.74. The zero-order chi connectivity index (χ0) is 8.97. The van der Waals surface area contributed by atoms with E-state index in [0.717, 1.165) is 0 Å². The molecule has 1 rings (SSSR count). The van der Waals surface area contributed by atoms with Crippen LogP contribution in [0.15, 0.2) is 23.8 Å². The van der Waals surface area contributed by atoms with Crippen molar-refractivity contribution in [2.75, 3.05) is 0 Å². The molecule has 0 aromatic rings. The summed E-state index contributed by atoms with van der Waals surface area (Å²) in [6.07, 6.45) is 5.67. The first-order valence-corrected chi connectivity index (χ1v) is 3.71. The Labute approximate surface area is 97.1 Å². The predicted octanol–water partition coefficient (Wildman–Crippen LogP) is 0.555. The van der Waals surface area contributed by atoms with Gasteiger partial charge in [-0.15, -0.1) is 0 Å². The first kappa shape index (κ1) is 13.0. The molecule has 0 spiro atoms. The van der Waals surface area contributed by atoms with Gasteiger partial charge in [0.15, 0.2) is 0 Å². The van der Waals surface area contributed by atoms with Crippen LogP contribution in [0.2, 0.25) is 0 Å². The van der Waals surface area contributed by atoms with Crippen LogP contribution < -0.4 is 11.0 Å². The van der Waals surface area contributed by atoms with Gasteiger partial charge in [-0.3, -0.25) is 0 Å². The fraction of sp³-hybridized carbons (Fsp3) is 0.143. The van der Waals surface area contributed by atoms with Crippen molar-refractivity contribution in [1.82, 2.24) is 11.0 Å². The average molecular weight is 380 g/mol. The van der Waals surface area contributed by atoms with Crippen LogP contribution in [0, 0.1) is 16.8 Å².